The highest BCUT2D eigenvalue weighted by Gasteiger charge is 2.43. The van der Waals surface area contributed by atoms with Crippen LogP contribution < -0.4 is 4.90 Å². The second-order valence-electron chi connectivity index (χ2n) is 9.50. The van der Waals surface area contributed by atoms with Crippen LogP contribution in [0.5, 0.6) is 0 Å². The lowest BCUT2D eigenvalue weighted by atomic mass is 9.78. The Balaban J connectivity index is 1.28. The van der Waals surface area contributed by atoms with Crippen molar-refractivity contribution in [2.45, 2.75) is 57.9 Å². The number of alkyl halides is 3. The number of carbonyl (C=O) groups is 1. The highest BCUT2D eigenvalue weighted by atomic mass is 35.5. The molecule has 32 heavy (non-hydrogen) atoms. The highest BCUT2D eigenvalue weighted by molar-refractivity contribution is 6.33. The van der Waals surface area contributed by atoms with Crippen molar-refractivity contribution in [2.75, 3.05) is 44.2 Å². The fourth-order valence-corrected chi connectivity index (χ4v) is 5.47. The molecule has 1 amide bonds. The van der Waals surface area contributed by atoms with E-state index in [0.717, 1.165) is 69.6 Å². The smallest absolute Gasteiger partial charge is 0.425 e. The maximum absolute atomic E-state index is 12.7. The van der Waals surface area contributed by atoms with Gasteiger partial charge in [0.15, 0.2) is 6.10 Å². The first kappa shape index (κ1) is 23.5. The Labute approximate surface area is 192 Å². The Morgan fingerprint density at radius 1 is 1.12 bits per heavy atom. The molecular weight excluding hydrogens is 443 g/mol. The van der Waals surface area contributed by atoms with E-state index in [4.69, 9.17) is 11.6 Å². The summed E-state index contributed by atoms with van der Waals surface area (Å²) in [7, 11) is 0. The van der Waals surface area contributed by atoms with Crippen LogP contribution >= 0.6 is 11.6 Å². The second-order valence-corrected chi connectivity index (χ2v) is 9.90. The van der Waals surface area contributed by atoms with Gasteiger partial charge in [-0.05, 0) is 68.7 Å². The zero-order valence-electron chi connectivity index (χ0n) is 18.5. The van der Waals surface area contributed by atoms with Crippen molar-refractivity contribution in [3.63, 3.8) is 0 Å². The van der Waals surface area contributed by atoms with E-state index in [9.17, 15) is 18.0 Å². The molecule has 3 aliphatic heterocycles. The van der Waals surface area contributed by atoms with E-state index >= 15 is 0 Å². The largest absolute Gasteiger partial charge is 0.437 e. The van der Waals surface area contributed by atoms with Gasteiger partial charge in [0.05, 0.1) is 10.7 Å². The standard InChI is InChI=1S/C23H31ClF3N3O2/c1-17(23(25,26)27)32-21(31)30-12-7-22(8-13-30)6-11-28(16-22)15-18-4-5-20(19(24)14-18)29-9-2-3-10-29/h4-5,14,17H,2-3,6-13,15-16H2,1H3. The van der Waals surface area contributed by atoms with Gasteiger partial charge in [-0.3, -0.25) is 4.90 Å². The quantitative estimate of drug-likeness (QED) is 0.593. The molecule has 5 nitrogen and oxygen atoms in total. The molecule has 9 heteroatoms. The lowest BCUT2D eigenvalue weighted by Gasteiger charge is -2.39. The molecule has 1 aromatic rings. The molecule has 3 fully saturated rings. The molecule has 1 atom stereocenters. The van der Waals surface area contributed by atoms with Gasteiger partial charge >= 0.3 is 12.3 Å². The van der Waals surface area contributed by atoms with Crippen LogP contribution in [-0.2, 0) is 11.3 Å². The molecule has 4 rings (SSSR count). The van der Waals surface area contributed by atoms with Gasteiger partial charge in [-0.1, -0.05) is 17.7 Å². The zero-order chi connectivity index (χ0) is 22.9. The van der Waals surface area contributed by atoms with Crippen LogP contribution in [-0.4, -0.2) is 67.4 Å². The molecule has 3 saturated heterocycles. The summed E-state index contributed by atoms with van der Waals surface area (Å²) < 4.78 is 42.6. The fourth-order valence-electron chi connectivity index (χ4n) is 5.15. The number of hydrogen-bond acceptors (Lipinski definition) is 4. The molecule has 1 aromatic carbocycles. The van der Waals surface area contributed by atoms with Gasteiger partial charge in [-0.2, -0.15) is 13.2 Å². The second kappa shape index (κ2) is 9.29. The van der Waals surface area contributed by atoms with E-state index in [-0.39, 0.29) is 5.41 Å². The minimum atomic E-state index is -4.53. The highest BCUT2D eigenvalue weighted by Crippen LogP contribution is 2.41. The summed E-state index contributed by atoms with van der Waals surface area (Å²) in [6.45, 7) is 6.60. The maximum atomic E-state index is 12.7. The van der Waals surface area contributed by atoms with Gasteiger partial charge in [0.25, 0.3) is 0 Å². The van der Waals surface area contributed by atoms with Gasteiger partial charge in [0.2, 0.25) is 0 Å². The lowest BCUT2D eigenvalue weighted by molar-refractivity contribution is -0.200. The van der Waals surface area contributed by atoms with Crippen LogP contribution in [0.25, 0.3) is 0 Å². The molecule has 0 aromatic heterocycles. The van der Waals surface area contributed by atoms with Crippen LogP contribution in [0, 0.1) is 5.41 Å². The normalized spacial score (nSPS) is 22.5. The molecule has 0 bridgehead atoms. The first-order valence-electron chi connectivity index (χ1n) is 11.4. The summed E-state index contributed by atoms with van der Waals surface area (Å²) in [6, 6.07) is 6.35. The lowest BCUT2D eigenvalue weighted by Crippen LogP contribution is -2.46. The first-order chi connectivity index (χ1) is 15.2. The molecule has 3 aliphatic rings. The number of nitrogens with zero attached hydrogens (tertiary/aromatic N) is 3. The van der Waals surface area contributed by atoms with E-state index in [1.165, 1.54) is 23.3 Å². The molecule has 0 aliphatic carbocycles. The number of likely N-dealkylation sites (tertiary alicyclic amines) is 2. The van der Waals surface area contributed by atoms with Crippen LogP contribution in [0.1, 0.15) is 44.6 Å². The number of amides is 1. The number of piperidine rings is 1. The number of halogens is 4. The Kier molecular flexibility index (Phi) is 6.82. The summed E-state index contributed by atoms with van der Waals surface area (Å²) in [6.07, 6.45) is -2.46. The van der Waals surface area contributed by atoms with Crippen molar-refractivity contribution < 1.29 is 22.7 Å². The first-order valence-corrected chi connectivity index (χ1v) is 11.8. The Bertz CT molecular complexity index is 821. The van der Waals surface area contributed by atoms with Gasteiger partial charge in [-0.25, -0.2) is 4.79 Å². The van der Waals surface area contributed by atoms with Crippen molar-refractivity contribution >= 4 is 23.4 Å². The number of carbonyl (C=O) groups excluding carboxylic acids is 1. The number of hydrogen-bond donors (Lipinski definition) is 0. The third-order valence-electron chi connectivity index (χ3n) is 7.20. The van der Waals surface area contributed by atoms with E-state index in [0.29, 0.717) is 13.1 Å². The molecule has 0 N–H and O–H groups in total. The number of anilines is 1. The average Bonchev–Trinajstić information content (AvgIpc) is 3.39. The summed E-state index contributed by atoms with van der Waals surface area (Å²) >= 11 is 6.57. The maximum Gasteiger partial charge on any atom is 0.425 e. The molecule has 1 spiro atoms. The topological polar surface area (TPSA) is 36.0 Å². The monoisotopic (exact) mass is 473 g/mol. The van der Waals surface area contributed by atoms with Crippen molar-refractivity contribution in [3.8, 4) is 0 Å². The minimum absolute atomic E-state index is 0.117. The van der Waals surface area contributed by atoms with Gasteiger partial charge < -0.3 is 14.5 Å². The number of benzene rings is 1. The third kappa shape index (κ3) is 5.28. The van der Waals surface area contributed by atoms with E-state index in [1.54, 1.807) is 0 Å². The zero-order valence-corrected chi connectivity index (χ0v) is 19.2. The SMILES string of the molecule is CC(OC(=O)N1CCC2(CCN(Cc3ccc(N4CCCC4)c(Cl)c3)C2)CC1)C(F)(F)F. The van der Waals surface area contributed by atoms with Gasteiger partial charge in [-0.15, -0.1) is 0 Å². The van der Waals surface area contributed by atoms with Crippen LogP contribution in [0.4, 0.5) is 23.7 Å². The van der Waals surface area contributed by atoms with Crippen molar-refractivity contribution in [1.29, 1.82) is 0 Å². The third-order valence-corrected chi connectivity index (χ3v) is 7.51. The van der Waals surface area contributed by atoms with E-state index < -0.39 is 18.4 Å². The summed E-state index contributed by atoms with van der Waals surface area (Å²) in [5, 5.41) is 0.804. The van der Waals surface area contributed by atoms with Gasteiger partial charge in [0.1, 0.15) is 0 Å². The molecule has 0 saturated carbocycles. The number of ether oxygens (including phenoxy) is 1. The molecule has 0 radical (unpaired) electrons. The van der Waals surface area contributed by atoms with E-state index in [2.05, 4.69) is 32.7 Å². The molecule has 3 heterocycles. The van der Waals surface area contributed by atoms with Crippen molar-refractivity contribution in [1.82, 2.24) is 9.80 Å². The predicted molar refractivity (Wildman–Crippen MR) is 118 cm³/mol. The summed E-state index contributed by atoms with van der Waals surface area (Å²) in [5.41, 5.74) is 2.42. The predicted octanol–water partition coefficient (Wildman–Crippen LogP) is 5.32. The summed E-state index contributed by atoms with van der Waals surface area (Å²) in [5.74, 6) is 0. The van der Waals surface area contributed by atoms with Gasteiger partial charge in [0, 0.05) is 39.3 Å². The van der Waals surface area contributed by atoms with Crippen molar-refractivity contribution in [2.24, 2.45) is 5.41 Å². The van der Waals surface area contributed by atoms with Crippen molar-refractivity contribution in [3.05, 3.63) is 28.8 Å². The summed E-state index contributed by atoms with van der Waals surface area (Å²) in [4.78, 5) is 18.3. The number of rotatable bonds is 4. The Hall–Kier alpha value is -1.67. The molecular formula is C23H31ClF3N3O2. The average molecular weight is 474 g/mol. The molecule has 1 unspecified atom stereocenters. The van der Waals surface area contributed by atoms with Crippen LogP contribution in [0.15, 0.2) is 18.2 Å². The Morgan fingerprint density at radius 2 is 1.78 bits per heavy atom. The Morgan fingerprint density at radius 3 is 2.41 bits per heavy atom. The fraction of sp³-hybridized carbons (Fsp3) is 0.696. The minimum Gasteiger partial charge on any atom is -0.437 e. The van der Waals surface area contributed by atoms with Crippen LogP contribution in [0.2, 0.25) is 5.02 Å². The molecule has 178 valence electrons. The van der Waals surface area contributed by atoms with Crippen LogP contribution in [0.3, 0.4) is 0 Å². The van der Waals surface area contributed by atoms with E-state index in [1.807, 2.05) is 0 Å².